The Morgan fingerprint density at radius 2 is 2.05 bits per heavy atom. The van der Waals surface area contributed by atoms with Gasteiger partial charge in [-0.2, -0.15) is 5.10 Å². The molecule has 0 bridgehead atoms. The van der Waals surface area contributed by atoms with Crippen LogP contribution >= 0.6 is 0 Å². The first-order chi connectivity index (χ1) is 9.95. The van der Waals surface area contributed by atoms with Gasteiger partial charge in [-0.15, -0.1) is 0 Å². The van der Waals surface area contributed by atoms with Crippen LogP contribution in [0, 0.1) is 10.1 Å². The van der Waals surface area contributed by atoms with E-state index in [2.05, 4.69) is 20.5 Å². The Balaban J connectivity index is 2.09. The largest absolute Gasteiger partial charge is 0.354 e. The summed E-state index contributed by atoms with van der Waals surface area (Å²) in [4.78, 5) is 25.9. The second-order valence-corrected chi connectivity index (χ2v) is 4.81. The number of hydrogen-bond acceptors (Lipinski definition) is 5. The van der Waals surface area contributed by atoms with Gasteiger partial charge >= 0.3 is 0 Å². The molecule has 21 heavy (non-hydrogen) atoms. The zero-order valence-corrected chi connectivity index (χ0v) is 11.7. The first kappa shape index (κ1) is 14.6. The number of amides is 1. The second-order valence-electron chi connectivity index (χ2n) is 4.81. The van der Waals surface area contributed by atoms with E-state index in [9.17, 15) is 14.9 Å². The molecule has 1 heterocycles. The van der Waals surface area contributed by atoms with Gasteiger partial charge in [0.15, 0.2) is 5.82 Å². The number of rotatable bonds is 5. The molecule has 0 fully saturated rings. The fourth-order valence-electron chi connectivity index (χ4n) is 1.76. The van der Waals surface area contributed by atoms with Crippen LogP contribution in [0.3, 0.4) is 0 Å². The molecule has 1 aromatic carbocycles. The number of aromatic nitrogens is 3. The van der Waals surface area contributed by atoms with Crippen molar-refractivity contribution in [1.82, 2.24) is 20.5 Å². The van der Waals surface area contributed by atoms with Gasteiger partial charge < -0.3 is 5.32 Å². The fraction of sp³-hybridized carbons (Fsp3) is 0.308. The van der Waals surface area contributed by atoms with Crippen LogP contribution in [0.15, 0.2) is 24.3 Å². The minimum absolute atomic E-state index is 0.00539. The summed E-state index contributed by atoms with van der Waals surface area (Å²) in [6, 6.07) is 5.97. The maximum absolute atomic E-state index is 11.6. The lowest BCUT2D eigenvalue weighted by Crippen LogP contribution is -2.31. The first-order valence-corrected chi connectivity index (χ1v) is 6.41. The minimum atomic E-state index is -0.469. The third kappa shape index (κ3) is 3.85. The van der Waals surface area contributed by atoms with E-state index in [-0.39, 0.29) is 24.1 Å². The van der Waals surface area contributed by atoms with Gasteiger partial charge in [0.25, 0.3) is 5.69 Å². The van der Waals surface area contributed by atoms with Crippen molar-refractivity contribution in [2.24, 2.45) is 0 Å². The number of nitrogens with one attached hydrogen (secondary N) is 2. The highest BCUT2D eigenvalue weighted by atomic mass is 16.6. The molecule has 0 unspecified atom stereocenters. The number of nitro groups is 1. The summed E-state index contributed by atoms with van der Waals surface area (Å²) in [6.45, 7) is 3.75. The van der Waals surface area contributed by atoms with Crippen molar-refractivity contribution >= 4 is 11.6 Å². The van der Waals surface area contributed by atoms with Crippen LogP contribution in [-0.4, -0.2) is 32.1 Å². The number of non-ortho nitro benzene ring substituents is 1. The first-order valence-electron chi connectivity index (χ1n) is 6.41. The zero-order chi connectivity index (χ0) is 15.4. The quantitative estimate of drug-likeness (QED) is 0.638. The molecule has 0 saturated carbocycles. The summed E-state index contributed by atoms with van der Waals surface area (Å²) in [5, 5.41) is 20.0. The van der Waals surface area contributed by atoms with E-state index in [0.717, 1.165) is 0 Å². The van der Waals surface area contributed by atoms with E-state index in [0.29, 0.717) is 17.2 Å². The van der Waals surface area contributed by atoms with Gasteiger partial charge in [0.1, 0.15) is 5.82 Å². The van der Waals surface area contributed by atoms with Crippen molar-refractivity contribution in [3.8, 4) is 11.4 Å². The second kappa shape index (κ2) is 6.12. The number of aromatic amines is 1. The standard InChI is InChI=1S/C13H15N5O3/c1-8(2)14-12(19)7-11-15-13(17-16-11)9-3-5-10(6-4-9)18(20)21/h3-6,8H,7H2,1-2H3,(H,14,19)(H,15,16,17). The Bertz CT molecular complexity index is 648. The monoisotopic (exact) mass is 289 g/mol. The number of hydrogen-bond donors (Lipinski definition) is 2. The van der Waals surface area contributed by atoms with E-state index in [1.165, 1.54) is 12.1 Å². The molecule has 2 aromatic rings. The Morgan fingerprint density at radius 1 is 1.38 bits per heavy atom. The lowest BCUT2D eigenvalue weighted by Gasteiger charge is -2.05. The summed E-state index contributed by atoms with van der Waals surface area (Å²) in [5.74, 6) is 0.704. The van der Waals surface area contributed by atoms with Crippen LogP contribution in [0.25, 0.3) is 11.4 Å². The van der Waals surface area contributed by atoms with Gasteiger partial charge in [-0.05, 0) is 26.0 Å². The third-order valence-electron chi connectivity index (χ3n) is 2.65. The molecule has 1 aromatic heterocycles. The molecule has 0 aliphatic carbocycles. The third-order valence-corrected chi connectivity index (χ3v) is 2.65. The van der Waals surface area contributed by atoms with Gasteiger partial charge in [-0.25, -0.2) is 4.98 Å². The lowest BCUT2D eigenvalue weighted by molar-refractivity contribution is -0.384. The lowest BCUT2D eigenvalue weighted by atomic mass is 10.2. The van der Waals surface area contributed by atoms with E-state index in [1.807, 2.05) is 13.8 Å². The van der Waals surface area contributed by atoms with Gasteiger partial charge in [0.2, 0.25) is 5.91 Å². The van der Waals surface area contributed by atoms with Gasteiger partial charge in [-0.1, -0.05) is 0 Å². The van der Waals surface area contributed by atoms with E-state index < -0.39 is 4.92 Å². The highest BCUT2D eigenvalue weighted by Gasteiger charge is 2.12. The highest BCUT2D eigenvalue weighted by Crippen LogP contribution is 2.19. The topological polar surface area (TPSA) is 114 Å². The Morgan fingerprint density at radius 3 is 2.62 bits per heavy atom. The molecule has 1 amide bonds. The predicted molar refractivity (Wildman–Crippen MR) is 75.5 cm³/mol. The van der Waals surface area contributed by atoms with Crippen molar-refractivity contribution in [3.05, 3.63) is 40.2 Å². The Kier molecular flexibility index (Phi) is 4.27. The fourth-order valence-corrected chi connectivity index (χ4v) is 1.76. The van der Waals surface area contributed by atoms with Crippen molar-refractivity contribution in [2.75, 3.05) is 0 Å². The van der Waals surface area contributed by atoms with E-state index >= 15 is 0 Å². The van der Waals surface area contributed by atoms with Crippen molar-refractivity contribution in [2.45, 2.75) is 26.3 Å². The van der Waals surface area contributed by atoms with Gasteiger partial charge in [0, 0.05) is 23.7 Å². The summed E-state index contributed by atoms with van der Waals surface area (Å²) in [5.41, 5.74) is 0.651. The predicted octanol–water partition coefficient (Wildman–Crippen LogP) is 1.45. The van der Waals surface area contributed by atoms with Crippen LogP contribution in [0.4, 0.5) is 5.69 Å². The maximum atomic E-state index is 11.6. The van der Waals surface area contributed by atoms with Crippen LogP contribution < -0.4 is 5.32 Å². The molecule has 2 rings (SSSR count). The Labute approximate surface area is 120 Å². The molecular weight excluding hydrogens is 274 g/mol. The summed E-state index contributed by atoms with van der Waals surface area (Å²) in [7, 11) is 0. The molecule has 8 nitrogen and oxygen atoms in total. The van der Waals surface area contributed by atoms with E-state index in [4.69, 9.17) is 0 Å². The van der Waals surface area contributed by atoms with Gasteiger partial charge in [-0.3, -0.25) is 20.0 Å². The van der Waals surface area contributed by atoms with Crippen LogP contribution in [0.5, 0.6) is 0 Å². The van der Waals surface area contributed by atoms with Crippen LogP contribution in [0.1, 0.15) is 19.7 Å². The molecule has 110 valence electrons. The molecular formula is C13H15N5O3. The number of nitrogens with zero attached hydrogens (tertiary/aromatic N) is 3. The Hall–Kier alpha value is -2.77. The molecule has 0 aliphatic rings. The number of nitro benzene ring substituents is 1. The minimum Gasteiger partial charge on any atom is -0.354 e. The highest BCUT2D eigenvalue weighted by molar-refractivity contribution is 5.78. The number of H-pyrrole nitrogens is 1. The van der Waals surface area contributed by atoms with Crippen molar-refractivity contribution < 1.29 is 9.72 Å². The van der Waals surface area contributed by atoms with Crippen LogP contribution in [0.2, 0.25) is 0 Å². The number of benzene rings is 1. The molecule has 0 saturated heterocycles. The molecule has 8 heteroatoms. The molecule has 2 N–H and O–H groups in total. The SMILES string of the molecule is CC(C)NC(=O)Cc1nc(-c2ccc([N+](=O)[O-])cc2)n[nH]1. The summed E-state index contributed by atoms with van der Waals surface area (Å²) < 4.78 is 0. The van der Waals surface area contributed by atoms with Gasteiger partial charge in [0.05, 0.1) is 11.3 Å². The summed E-state index contributed by atoms with van der Waals surface area (Å²) in [6.07, 6.45) is 0.109. The molecule has 0 radical (unpaired) electrons. The average molecular weight is 289 g/mol. The molecule has 0 atom stereocenters. The number of carbonyl (C=O) groups is 1. The normalized spacial score (nSPS) is 10.6. The van der Waals surface area contributed by atoms with Crippen LogP contribution in [-0.2, 0) is 11.2 Å². The van der Waals surface area contributed by atoms with Crippen molar-refractivity contribution in [3.63, 3.8) is 0 Å². The van der Waals surface area contributed by atoms with Crippen molar-refractivity contribution in [1.29, 1.82) is 0 Å². The maximum Gasteiger partial charge on any atom is 0.269 e. The van der Waals surface area contributed by atoms with E-state index in [1.54, 1.807) is 12.1 Å². The summed E-state index contributed by atoms with van der Waals surface area (Å²) >= 11 is 0. The molecule has 0 spiro atoms. The number of carbonyl (C=O) groups excluding carboxylic acids is 1. The average Bonchev–Trinajstić information content (AvgIpc) is 2.86. The smallest absolute Gasteiger partial charge is 0.269 e. The molecule has 0 aliphatic heterocycles. The zero-order valence-electron chi connectivity index (χ0n) is 11.7.